The van der Waals surface area contributed by atoms with Crippen LogP contribution in [0, 0.1) is 11.8 Å². The molecule has 1 aliphatic rings. The summed E-state index contributed by atoms with van der Waals surface area (Å²) >= 11 is 0. The van der Waals surface area contributed by atoms with E-state index in [9.17, 15) is 9.59 Å². The summed E-state index contributed by atoms with van der Waals surface area (Å²) in [6.45, 7) is 13.9. The van der Waals surface area contributed by atoms with Crippen LogP contribution in [-0.4, -0.2) is 56.4 Å². The number of carbonyl (C=O) groups excluding carboxylic acids is 2. The zero-order valence-electron chi connectivity index (χ0n) is 19.5. The number of carbonyl (C=O) groups is 2. The number of piperidine rings is 1. The van der Waals surface area contributed by atoms with Gasteiger partial charge in [0.25, 0.3) is 5.91 Å². The molecule has 0 aliphatic carbocycles. The monoisotopic (exact) mass is 429 g/mol. The predicted octanol–water partition coefficient (Wildman–Crippen LogP) is 3.85. The average Bonchev–Trinajstić information content (AvgIpc) is 3.08. The van der Waals surface area contributed by atoms with Crippen molar-refractivity contribution in [2.45, 2.75) is 72.6 Å². The Morgan fingerprint density at radius 1 is 1.26 bits per heavy atom. The lowest BCUT2D eigenvalue weighted by Gasteiger charge is -2.36. The molecule has 1 saturated heterocycles. The van der Waals surface area contributed by atoms with Crippen LogP contribution in [0.4, 0.5) is 4.79 Å². The van der Waals surface area contributed by atoms with Crippen molar-refractivity contribution in [1.82, 2.24) is 25.0 Å². The number of nitrogens with one attached hydrogen (secondary N) is 1. The molecule has 2 atom stereocenters. The second-order valence-corrected chi connectivity index (χ2v) is 9.95. The summed E-state index contributed by atoms with van der Waals surface area (Å²) < 4.78 is 7.38. The highest BCUT2D eigenvalue weighted by molar-refractivity contribution is 5.97. The largest absolute Gasteiger partial charge is 0.444 e. The smallest absolute Gasteiger partial charge is 0.410 e. The minimum atomic E-state index is -0.515. The lowest BCUT2D eigenvalue weighted by atomic mass is 9.91. The van der Waals surface area contributed by atoms with Gasteiger partial charge in [0.05, 0.1) is 11.8 Å². The van der Waals surface area contributed by atoms with Crippen LogP contribution >= 0.6 is 0 Å². The quantitative estimate of drug-likeness (QED) is 0.780. The van der Waals surface area contributed by atoms with Crippen LogP contribution in [0.5, 0.6) is 0 Å². The van der Waals surface area contributed by atoms with Crippen molar-refractivity contribution in [3.63, 3.8) is 0 Å². The van der Waals surface area contributed by atoms with E-state index in [1.54, 1.807) is 17.3 Å². The van der Waals surface area contributed by atoms with Crippen molar-refractivity contribution >= 4 is 23.0 Å². The molecule has 0 aromatic carbocycles. The highest BCUT2D eigenvalue weighted by Gasteiger charge is 2.31. The van der Waals surface area contributed by atoms with Crippen molar-refractivity contribution in [2.24, 2.45) is 11.8 Å². The van der Waals surface area contributed by atoms with E-state index in [-0.39, 0.29) is 24.0 Å². The molecule has 0 spiro atoms. The number of pyridine rings is 1. The summed E-state index contributed by atoms with van der Waals surface area (Å²) in [5, 5.41) is 8.34. The molecule has 8 heteroatoms. The van der Waals surface area contributed by atoms with Gasteiger partial charge in [0.1, 0.15) is 5.60 Å². The van der Waals surface area contributed by atoms with E-state index in [0.29, 0.717) is 24.6 Å². The van der Waals surface area contributed by atoms with E-state index in [2.05, 4.69) is 29.2 Å². The molecule has 31 heavy (non-hydrogen) atoms. The van der Waals surface area contributed by atoms with E-state index in [1.807, 2.05) is 38.4 Å². The van der Waals surface area contributed by atoms with E-state index in [0.717, 1.165) is 30.4 Å². The van der Waals surface area contributed by atoms with Crippen LogP contribution in [0.1, 0.15) is 64.7 Å². The van der Waals surface area contributed by atoms with Crippen LogP contribution < -0.4 is 5.32 Å². The number of nitrogens with zero attached hydrogens (tertiary/aromatic N) is 4. The minimum absolute atomic E-state index is 0.0721. The first-order valence-corrected chi connectivity index (χ1v) is 11.1. The van der Waals surface area contributed by atoms with Crippen molar-refractivity contribution in [2.75, 3.05) is 13.1 Å². The van der Waals surface area contributed by atoms with Crippen molar-refractivity contribution in [3.05, 3.63) is 24.0 Å². The number of hydrogen-bond acceptors (Lipinski definition) is 5. The molecule has 2 aromatic rings. The van der Waals surface area contributed by atoms with Gasteiger partial charge in [-0.15, -0.1) is 0 Å². The predicted molar refractivity (Wildman–Crippen MR) is 120 cm³/mol. The highest BCUT2D eigenvalue weighted by Crippen LogP contribution is 2.22. The van der Waals surface area contributed by atoms with E-state index < -0.39 is 5.60 Å². The Kier molecular flexibility index (Phi) is 6.86. The van der Waals surface area contributed by atoms with Crippen molar-refractivity contribution in [1.29, 1.82) is 0 Å². The SMILES string of the molecule is CC(C)Cn1ncc2cc(C(=O)N[C@H](C)[C@@H]3CCCN(C(=O)OC(C)(C)C)C3)cnc21. The standard InChI is InChI=1S/C23H35N5O3/c1-15(2)13-28-20-18(12-25-28)10-19(11-24-20)21(29)26-16(3)17-8-7-9-27(14-17)22(30)31-23(4,5)6/h10-12,15-17H,7-9,13-14H2,1-6H3,(H,26,29)/t16-,17-/m1/s1. The van der Waals surface area contributed by atoms with Crippen molar-refractivity contribution < 1.29 is 14.3 Å². The van der Waals surface area contributed by atoms with E-state index in [1.165, 1.54) is 0 Å². The fourth-order valence-electron chi connectivity index (χ4n) is 3.89. The molecule has 2 amide bonds. The fraction of sp³-hybridized carbons (Fsp3) is 0.652. The molecule has 0 bridgehead atoms. The zero-order chi connectivity index (χ0) is 22.8. The molecule has 0 unspecified atom stereocenters. The second-order valence-electron chi connectivity index (χ2n) is 9.95. The Morgan fingerprint density at radius 2 is 2.00 bits per heavy atom. The summed E-state index contributed by atoms with van der Waals surface area (Å²) in [4.78, 5) is 31.5. The summed E-state index contributed by atoms with van der Waals surface area (Å²) in [6, 6.07) is 1.76. The number of ether oxygens (including phenoxy) is 1. The van der Waals surface area contributed by atoms with Gasteiger partial charge in [0, 0.05) is 37.3 Å². The Hall–Kier alpha value is -2.64. The maximum absolute atomic E-state index is 12.8. The summed E-state index contributed by atoms with van der Waals surface area (Å²) in [6.07, 6.45) is 4.93. The second kappa shape index (κ2) is 9.24. The first kappa shape index (κ1) is 23.0. The molecule has 8 nitrogen and oxygen atoms in total. The number of fused-ring (bicyclic) bond motifs is 1. The Morgan fingerprint density at radius 3 is 2.68 bits per heavy atom. The van der Waals surface area contributed by atoms with E-state index >= 15 is 0 Å². The third kappa shape index (κ3) is 5.95. The Bertz CT molecular complexity index is 931. The Labute approximate surface area is 184 Å². The Balaban J connectivity index is 1.62. The number of rotatable bonds is 5. The molecule has 170 valence electrons. The van der Waals surface area contributed by atoms with Gasteiger partial charge < -0.3 is 15.0 Å². The number of hydrogen-bond donors (Lipinski definition) is 1. The molecule has 1 N–H and O–H groups in total. The number of amides is 2. The third-order valence-electron chi connectivity index (χ3n) is 5.45. The lowest BCUT2D eigenvalue weighted by Crippen LogP contribution is -2.49. The summed E-state index contributed by atoms with van der Waals surface area (Å²) in [5.74, 6) is 0.480. The van der Waals surface area contributed by atoms with Gasteiger partial charge in [-0.25, -0.2) is 14.5 Å². The average molecular weight is 430 g/mol. The van der Waals surface area contributed by atoms with Crippen LogP contribution in [0.3, 0.4) is 0 Å². The zero-order valence-corrected chi connectivity index (χ0v) is 19.5. The van der Waals surface area contributed by atoms with Gasteiger partial charge in [0.15, 0.2) is 5.65 Å². The number of aromatic nitrogens is 3. The normalized spacial score (nSPS) is 18.3. The third-order valence-corrected chi connectivity index (χ3v) is 5.45. The van der Waals surface area contributed by atoms with Gasteiger partial charge in [-0.3, -0.25) is 4.79 Å². The van der Waals surface area contributed by atoms with Gasteiger partial charge in [0.2, 0.25) is 0 Å². The molecule has 0 saturated carbocycles. The first-order valence-electron chi connectivity index (χ1n) is 11.1. The minimum Gasteiger partial charge on any atom is -0.444 e. The maximum Gasteiger partial charge on any atom is 0.410 e. The van der Waals surface area contributed by atoms with Crippen molar-refractivity contribution in [3.8, 4) is 0 Å². The molecular formula is C23H35N5O3. The molecule has 1 aliphatic heterocycles. The fourth-order valence-corrected chi connectivity index (χ4v) is 3.89. The molecule has 0 radical (unpaired) electrons. The summed E-state index contributed by atoms with van der Waals surface area (Å²) in [5.41, 5.74) is 0.792. The lowest BCUT2D eigenvalue weighted by molar-refractivity contribution is 0.0150. The topological polar surface area (TPSA) is 89.4 Å². The van der Waals surface area contributed by atoms with Gasteiger partial charge >= 0.3 is 6.09 Å². The van der Waals surface area contributed by atoms with E-state index in [4.69, 9.17) is 4.74 Å². The first-order chi connectivity index (χ1) is 14.5. The van der Waals surface area contributed by atoms with Crippen LogP contribution in [0.15, 0.2) is 18.5 Å². The maximum atomic E-state index is 12.8. The van der Waals surface area contributed by atoms with Gasteiger partial charge in [-0.2, -0.15) is 5.10 Å². The van der Waals surface area contributed by atoms with Crippen LogP contribution in [-0.2, 0) is 11.3 Å². The molecular weight excluding hydrogens is 394 g/mol. The highest BCUT2D eigenvalue weighted by atomic mass is 16.6. The molecule has 1 fully saturated rings. The molecule has 2 aromatic heterocycles. The summed E-state index contributed by atoms with van der Waals surface area (Å²) in [7, 11) is 0. The molecule has 3 rings (SSSR count). The molecule has 3 heterocycles. The van der Waals surface area contributed by atoms with Crippen LogP contribution in [0.2, 0.25) is 0 Å². The van der Waals surface area contributed by atoms with Gasteiger partial charge in [-0.05, 0) is 58.4 Å². The van der Waals surface area contributed by atoms with Gasteiger partial charge in [-0.1, -0.05) is 13.8 Å². The number of likely N-dealkylation sites (tertiary alicyclic amines) is 1. The van der Waals surface area contributed by atoms with Crippen LogP contribution in [0.25, 0.3) is 11.0 Å².